The molecule has 0 aliphatic rings. The zero-order chi connectivity index (χ0) is 20.3. The van der Waals surface area contributed by atoms with Gasteiger partial charge in [0, 0.05) is 20.4 Å². The lowest BCUT2D eigenvalue weighted by Gasteiger charge is -2.22. The average Bonchev–Trinajstić information content (AvgIpc) is 2.51. The van der Waals surface area contributed by atoms with E-state index in [4.69, 9.17) is 5.11 Å². The summed E-state index contributed by atoms with van der Waals surface area (Å²) in [4.78, 5) is 57.1. The van der Waals surface area contributed by atoms with Gasteiger partial charge < -0.3 is 26.4 Å². The first kappa shape index (κ1) is 23.4. The second kappa shape index (κ2) is 11.8. The molecule has 10 heteroatoms. The molecule has 0 aliphatic carbocycles. The SMILES string of the molecule is CC(=O)NCCCC[C@H](NC(=O)[C@H](C)NC(C)=O)C(=O)N[C@@H](C)C(=O)O. The third-order valence-electron chi connectivity index (χ3n) is 3.47. The highest BCUT2D eigenvalue weighted by Crippen LogP contribution is 2.03. The number of rotatable bonds is 11. The zero-order valence-corrected chi connectivity index (χ0v) is 15.5. The fourth-order valence-electron chi connectivity index (χ4n) is 2.05. The van der Waals surface area contributed by atoms with Gasteiger partial charge in [0.25, 0.3) is 0 Å². The molecule has 0 aromatic carbocycles. The maximum Gasteiger partial charge on any atom is 0.325 e. The molecule has 0 aromatic heterocycles. The molecule has 10 nitrogen and oxygen atoms in total. The maximum absolute atomic E-state index is 12.3. The van der Waals surface area contributed by atoms with Crippen molar-refractivity contribution in [2.45, 2.75) is 65.1 Å². The standard InChI is InChI=1S/C16H28N4O6/c1-9(18-12(4)22)14(23)20-13(7-5-6-8-17-11(3)21)15(24)19-10(2)16(25)26/h9-10,13H,5-8H2,1-4H3,(H,17,21)(H,18,22)(H,19,24)(H,20,23)(H,25,26)/t9-,10-,13-/m0/s1. The van der Waals surface area contributed by atoms with E-state index in [0.29, 0.717) is 19.4 Å². The molecule has 4 amide bonds. The van der Waals surface area contributed by atoms with E-state index in [9.17, 15) is 24.0 Å². The van der Waals surface area contributed by atoms with Gasteiger partial charge in [0.05, 0.1) is 0 Å². The monoisotopic (exact) mass is 372 g/mol. The molecule has 0 bridgehead atoms. The largest absolute Gasteiger partial charge is 0.480 e. The number of amides is 4. The summed E-state index contributed by atoms with van der Waals surface area (Å²) >= 11 is 0. The van der Waals surface area contributed by atoms with Crippen molar-refractivity contribution >= 4 is 29.6 Å². The van der Waals surface area contributed by atoms with Crippen LogP contribution in [0.2, 0.25) is 0 Å². The molecule has 0 unspecified atom stereocenters. The van der Waals surface area contributed by atoms with Crippen molar-refractivity contribution in [3.63, 3.8) is 0 Å². The third kappa shape index (κ3) is 10.3. The van der Waals surface area contributed by atoms with Gasteiger partial charge >= 0.3 is 5.97 Å². The summed E-state index contributed by atoms with van der Waals surface area (Å²) in [6, 6.07) is -2.88. The van der Waals surface area contributed by atoms with Gasteiger partial charge in [0.2, 0.25) is 23.6 Å². The van der Waals surface area contributed by atoms with Crippen LogP contribution in [0.1, 0.15) is 47.0 Å². The van der Waals surface area contributed by atoms with Crippen LogP contribution in [0.5, 0.6) is 0 Å². The molecule has 3 atom stereocenters. The van der Waals surface area contributed by atoms with Crippen molar-refractivity contribution < 1.29 is 29.1 Å². The number of nitrogens with one attached hydrogen (secondary N) is 4. The Balaban J connectivity index is 4.78. The van der Waals surface area contributed by atoms with E-state index in [2.05, 4.69) is 21.3 Å². The van der Waals surface area contributed by atoms with Crippen molar-refractivity contribution in [1.82, 2.24) is 21.3 Å². The van der Waals surface area contributed by atoms with E-state index < -0.39 is 35.9 Å². The number of hydrogen-bond acceptors (Lipinski definition) is 5. The van der Waals surface area contributed by atoms with Crippen LogP contribution in [0.25, 0.3) is 0 Å². The minimum absolute atomic E-state index is 0.160. The summed E-state index contributed by atoms with van der Waals surface area (Å²) in [5, 5.41) is 18.8. The molecule has 0 aromatic rings. The first-order chi connectivity index (χ1) is 12.0. The van der Waals surface area contributed by atoms with E-state index in [1.807, 2.05) is 0 Å². The van der Waals surface area contributed by atoms with Crippen LogP contribution in [-0.2, 0) is 24.0 Å². The van der Waals surface area contributed by atoms with Crippen molar-refractivity contribution in [1.29, 1.82) is 0 Å². The lowest BCUT2D eigenvalue weighted by atomic mass is 10.1. The zero-order valence-electron chi connectivity index (χ0n) is 15.5. The van der Waals surface area contributed by atoms with Crippen LogP contribution in [0, 0.1) is 0 Å². The number of carbonyl (C=O) groups excluding carboxylic acids is 4. The van der Waals surface area contributed by atoms with Gasteiger partial charge in [-0.1, -0.05) is 0 Å². The Morgan fingerprint density at radius 2 is 1.42 bits per heavy atom. The molecule has 26 heavy (non-hydrogen) atoms. The summed E-state index contributed by atoms with van der Waals surface area (Å²) in [6.45, 7) is 5.89. The molecule has 0 spiro atoms. The summed E-state index contributed by atoms with van der Waals surface area (Å²) in [5.74, 6) is -2.91. The second-order valence-electron chi connectivity index (χ2n) is 6.03. The maximum atomic E-state index is 12.3. The fraction of sp³-hybridized carbons (Fsp3) is 0.688. The molecule has 0 rings (SSSR count). The van der Waals surface area contributed by atoms with Gasteiger partial charge in [-0.3, -0.25) is 24.0 Å². The van der Waals surface area contributed by atoms with Gasteiger partial charge in [0.1, 0.15) is 18.1 Å². The van der Waals surface area contributed by atoms with E-state index in [-0.39, 0.29) is 18.2 Å². The molecule has 0 saturated heterocycles. The summed E-state index contributed by atoms with van der Waals surface area (Å²) < 4.78 is 0. The minimum Gasteiger partial charge on any atom is -0.480 e. The number of carboxylic acid groups (broad SMARTS) is 1. The first-order valence-corrected chi connectivity index (χ1v) is 8.39. The molecule has 0 fully saturated rings. The van der Waals surface area contributed by atoms with Gasteiger partial charge in [0.15, 0.2) is 0 Å². The molecule has 0 aliphatic heterocycles. The lowest BCUT2D eigenvalue weighted by molar-refractivity contribution is -0.141. The van der Waals surface area contributed by atoms with Crippen LogP contribution < -0.4 is 21.3 Å². The Bertz CT molecular complexity index is 537. The van der Waals surface area contributed by atoms with Crippen molar-refractivity contribution in [2.24, 2.45) is 0 Å². The molecule has 0 saturated carbocycles. The van der Waals surface area contributed by atoms with Crippen molar-refractivity contribution in [3.8, 4) is 0 Å². The van der Waals surface area contributed by atoms with Crippen LogP contribution in [0.4, 0.5) is 0 Å². The molecule has 0 heterocycles. The summed E-state index contributed by atoms with van der Waals surface area (Å²) in [5.41, 5.74) is 0. The molecule has 5 N–H and O–H groups in total. The number of hydrogen-bond donors (Lipinski definition) is 5. The van der Waals surface area contributed by atoms with E-state index in [1.165, 1.54) is 27.7 Å². The molecular weight excluding hydrogens is 344 g/mol. The van der Waals surface area contributed by atoms with Gasteiger partial charge in [-0.2, -0.15) is 0 Å². The summed E-state index contributed by atoms with van der Waals surface area (Å²) in [7, 11) is 0. The Morgan fingerprint density at radius 1 is 0.808 bits per heavy atom. The Morgan fingerprint density at radius 3 is 1.92 bits per heavy atom. The smallest absolute Gasteiger partial charge is 0.325 e. The predicted octanol–water partition coefficient (Wildman–Crippen LogP) is -1.11. The summed E-state index contributed by atoms with van der Waals surface area (Å²) in [6.07, 6.45) is 1.37. The quantitative estimate of drug-likeness (QED) is 0.290. The van der Waals surface area contributed by atoms with Crippen molar-refractivity contribution in [3.05, 3.63) is 0 Å². The molecule has 148 valence electrons. The molecule has 0 radical (unpaired) electrons. The Labute approximate surface area is 152 Å². The van der Waals surface area contributed by atoms with Crippen LogP contribution in [0.15, 0.2) is 0 Å². The van der Waals surface area contributed by atoms with E-state index in [0.717, 1.165) is 0 Å². The lowest BCUT2D eigenvalue weighted by Crippen LogP contribution is -2.54. The van der Waals surface area contributed by atoms with Gasteiger partial charge in [-0.25, -0.2) is 0 Å². The van der Waals surface area contributed by atoms with Crippen LogP contribution in [-0.4, -0.2) is 59.4 Å². The van der Waals surface area contributed by atoms with Gasteiger partial charge in [-0.15, -0.1) is 0 Å². The highest BCUT2D eigenvalue weighted by atomic mass is 16.4. The highest BCUT2D eigenvalue weighted by molar-refractivity contribution is 5.92. The minimum atomic E-state index is -1.19. The fourth-order valence-corrected chi connectivity index (χ4v) is 2.05. The topological polar surface area (TPSA) is 154 Å². The molecular formula is C16H28N4O6. The number of carbonyl (C=O) groups is 5. The number of unbranched alkanes of at least 4 members (excludes halogenated alkanes) is 1. The van der Waals surface area contributed by atoms with E-state index >= 15 is 0 Å². The Kier molecular flexibility index (Phi) is 10.6. The highest BCUT2D eigenvalue weighted by Gasteiger charge is 2.25. The Hall–Kier alpha value is -2.65. The number of carboxylic acids is 1. The van der Waals surface area contributed by atoms with Crippen LogP contribution >= 0.6 is 0 Å². The van der Waals surface area contributed by atoms with Crippen molar-refractivity contribution in [2.75, 3.05) is 6.54 Å². The van der Waals surface area contributed by atoms with Crippen LogP contribution in [0.3, 0.4) is 0 Å². The average molecular weight is 372 g/mol. The van der Waals surface area contributed by atoms with E-state index in [1.54, 1.807) is 0 Å². The first-order valence-electron chi connectivity index (χ1n) is 8.39. The third-order valence-corrected chi connectivity index (χ3v) is 3.47. The number of aliphatic carboxylic acids is 1. The predicted molar refractivity (Wildman–Crippen MR) is 93.0 cm³/mol. The second-order valence-corrected chi connectivity index (χ2v) is 6.03. The normalized spacial score (nSPS) is 13.7. The van der Waals surface area contributed by atoms with Gasteiger partial charge in [-0.05, 0) is 33.1 Å².